The molecule has 1 aliphatic heterocycles. The monoisotopic (exact) mass is 356 g/mol. The summed E-state index contributed by atoms with van der Waals surface area (Å²) in [7, 11) is 0. The summed E-state index contributed by atoms with van der Waals surface area (Å²) >= 11 is 0. The van der Waals surface area contributed by atoms with E-state index in [0.717, 1.165) is 11.4 Å². The first-order valence-electron chi connectivity index (χ1n) is 8.84. The number of pyridine rings is 1. The van der Waals surface area contributed by atoms with Gasteiger partial charge in [-0.3, -0.25) is 19.3 Å². The SMILES string of the molecule is CCn1nc(C(=O)N2CCNCC2C(=O)NCc2ccccn2)cc1C. The van der Waals surface area contributed by atoms with Gasteiger partial charge in [0.2, 0.25) is 5.91 Å². The van der Waals surface area contributed by atoms with Crippen molar-refractivity contribution in [1.82, 2.24) is 30.3 Å². The fraction of sp³-hybridized carbons (Fsp3) is 0.444. The van der Waals surface area contributed by atoms with Crippen LogP contribution in [0.2, 0.25) is 0 Å². The number of nitrogens with one attached hydrogen (secondary N) is 2. The molecule has 8 nitrogen and oxygen atoms in total. The highest BCUT2D eigenvalue weighted by atomic mass is 16.2. The van der Waals surface area contributed by atoms with Crippen LogP contribution >= 0.6 is 0 Å². The van der Waals surface area contributed by atoms with Crippen LogP contribution in [0.25, 0.3) is 0 Å². The van der Waals surface area contributed by atoms with Crippen LogP contribution in [0.4, 0.5) is 0 Å². The lowest BCUT2D eigenvalue weighted by Gasteiger charge is -2.34. The van der Waals surface area contributed by atoms with Crippen molar-refractivity contribution in [3.63, 3.8) is 0 Å². The molecule has 26 heavy (non-hydrogen) atoms. The molecule has 2 aromatic heterocycles. The highest BCUT2D eigenvalue weighted by Crippen LogP contribution is 2.12. The van der Waals surface area contributed by atoms with Crippen LogP contribution in [0.3, 0.4) is 0 Å². The molecular formula is C18H24N6O2. The van der Waals surface area contributed by atoms with Gasteiger partial charge in [-0.15, -0.1) is 0 Å². The molecule has 1 saturated heterocycles. The molecule has 1 atom stereocenters. The number of carbonyl (C=O) groups excluding carboxylic acids is 2. The molecule has 2 aromatic rings. The third kappa shape index (κ3) is 3.91. The summed E-state index contributed by atoms with van der Waals surface area (Å²) < 4.78 is 1.78. The zero-order chi connectivity index (χ0) is 18.5. The van der Waals surface area contributed by atoms with Crippen LogP contribution in [0.1, 0.15) is 28.8 Å². The zero-order valence-electron chi connectivity index (χ0n) is 15.1. The average molecular weight is 356 g/mol. The predicted octanol–water partition coefficient (Wildman–Crippen LogP) is 0.337. The van der Waals surface area contributed by atoms with E-state index in [1.807, 2.05) is 32.0 Å². The highest BCUT2D eigenvalue weighted by molar-refractivity contribution is 5.96. The van der Waals surface area contributed by atoms with Gasteiger partial charge in [0.1, 0.15) is 6.04 Å². The minimum Gasteiger partial charge on any atom is -0.349 e. The average Bonchev–Trinajstić information content (AvgIpc) is 3.07. The molecule has 0 aromatic carbocycles. The Kier molecular flexibility index (Phi) is 5.62. The molecule has 1 unspecified atom stereocenters. The van der Waals surface area contributed by atoms with Crippen molar-refractivity contribution >= 4 is 11.8 Å². The second kappa shape index (κ2) is 8.09. The molecule has 0 radical (unpaired) electrons. The van der Waals surface area contributed by atoms with Crippen LogP contribution < -0.4 is 10.6 Å². The molecular weight excluding hydrogens is 332 g/mol. The van der Waals surface area contributed by atoms with E-state index in [0.29, 0.717) is 38.4 Å². The van der Waals surface area contributed by atoms with Gasteiger partial charge in [-0.25, -0.2) is 0 Å². The first-order chi connectivity index (χ1) is 12.6. The van der Waals surface area contributed by atoms with Crippen LogP contribution in [-0.2, 0) is 17.9 Å². The van der Waals surface area contributed by atoms with Crippen molar-refractivity contribution < 1.29 is 9.59 Å². The lowest BCUT2D eigenvalue weighted by molar-refractivity contribution is -0.126. The van der Waals surface area contributed by atoms with Crippen molar-refractivity contribution in [2.75, 3.05) is 19.6 Å². The number of hydrogen-bond donors (Lipinski definition) is 2. The van der Waals surface area contributed by atoms with Crippen molar-refractivity contribution in [2.24, 2.45) is 0 Å². The fourth-order valence-corrected chi connectivity index (χ4v) is 3.06. The lowest BCUT2D eigenvalue weighted by Crippen LogP contribution is -2.59. The van der Waals surface area contributed by atoms with Gasteiger partial charge in [0.05, 0.1) is 12.2 Å². The Morgan fingerprint density at radius 2 is 2.23 bits per heavy atom. The van der Waals surface area contributed by atoms with Gasteiger partial charge >= 0.3 is 0 Å². The second-order valence-corrected chi connectivity index (χ2v) is 6.24. The Morgan fingerprint density at radius 1 is 1.38 bits per heavy atom. The molecule has 3 heterocycles. The van der Waals surface area contributed by atoms with Gasteiger partial charge in [0, 0.05) is 38.1 Å². The highest BCUT2D eigenvalue weighted by Gasteiger charge is 2.33. The Balaban J connectivity index is 1.70. The summed E-state index contributed by atoms with van der Waals surface area (Å²) in [4.78, 5) is 31.3. The maximum absolute atomic E-state index is 12.9. The number of hydrogen-bond acceptors (Lipinski definition) is 5. The summed E-state index contributed by atoms with van der Waals surface area (Å²) in [5, 5.41) is 10.4. The van der Waals surface area contributed by atoms with Crippen molar-refractivity contribution in [2.45, 2.75) is 33.0 Å². The molecule has 0 spiro atoms. The molecule has 8 heteroatoms. The van der Waals surface area contributed by atoms with Gasteiger partial charge < -0.3 is 15.5 Å². The van der Waals surface area contributed by atoms with Gasteiger partial charge in [0.15, 0.2) is 5.69 Å². The number of carbonyl (C=O) groups is 2. The van der Waals surface area contributed by atoms with Crippen LogP contribution in [-0.4, -0.2) is 57.2 Å². The quantitative estimate of drug-likeness (QED) is 0.806. The Hall–Kier alpha value is -2.74. The van der Waals surface area contributed by atoms with E-state index in [9.17, 15) is 9.59 Å². The number of nitrogens with zero attached hydrogens (tertiary/aromatic N) is 4. The minimum absolute atomic E-state index is 0.192. The standard InChI is InChI=1S/C18H24N6O2/c1-3-24-13(2)10-15(22-24)18(26)23-9-8-19-12-16(23)17(25)21-11-14-6-4-5-7-20-14/h4-7,10,16,19H,3,8-9,11-12H2,1-2H3,(H,21,25). The molecule has 2 N–H and O–H groups in total. The molecule has 1 fully saturated rings. The van der Waals surface area contributed by atoms with Crippen molar-refractivity contribution in [1.29, 1.82) is 0 Å². The molecule has 0 bridgehead atoms. The normalized spacial score (nSPS) is 17.2. The van der Waals surface area contributed by atoms with Crippen LogP contribution in [0.5, 0.6) is 0 Å². The van der Waals surface area contributed by atoms with Crippen LogP contribution in [0.15, 0.2) is 30.5 Å². The largest absolute Gasteiger partial charge is 0.349 e. The lowest BCUT2D eigenvalue weighted by atomic mass is 10.1. The summed E-state index contributed by atoms with van der Waals surface area (Å²) in [6.45, 7) is 6.49. The maximum atomic E-state index is 12.9. The Bertz CT molecular complexity index is 773. The predicted molar refractivity (Wildman–Crippen MR) is 96.4 cm³/mol. The number of piperazine rings is 1. The Labute approximate surface area is 152 Å². The summed E-state index contributed by atoms with van der Waals surface area (Å²) in [5.74, 6) is -0.400. The maximum Gasteiger partial charge on any atom is 0.275 e. The zero-order valence-corrected chi connectivity index (χ0v) is 15.1. The molecule has 0 aliphatic carbocycles. The van der Waals surface area contributed by atoms with Gasteiger partial charge in [-0.05, 0) is 32.0 Å². The van der Waals surface area contributed by atoms with Gasteiger partial charge in [-0.1, -0.05) is 6.07 Å². The molecule has 3 rings (SSSR count). The van der Waals surface area contributed by atoms with Crippen LogP contribution in [0, 0.1) is 6.92 Å². The topological polar surface area (TPSA) is 92.2 Å². The Morgan fingerprint density at radius 3 is 2.92 bits per heavy atom. The van der Waals surface area contributed by atoms with E-state index in [-0.39, 0.29) is 11.8 Å². The van der Waals surface area contributed by atoms with Gasteiger partial charge in [-0.2, -0.15) is 5.10 Å². The van der Waals surface area contributed by atoms with Gasteiger partial charge in [0.25, 0.3) is 5.91 Å². The third-order valence-electron chi connectivity index (χ3n) is 4.48. The summed E-state index contributed by atoms with van der Waals surface area (Å²) in [6.07, 6.45) is 1.69. The molecule has 1 aliphatic rings. The van der Waals surface area contributed by atoms with E-state index in [1.165, 1.54) is 0 Å². The minimum atomic E-state index is -0.563. The number of amides is 2. The smallest absolute Gasteiger partial charge is 0.275 e. The van der Waals surface area contributed by atoms with E-state index in [1.54, 1.807) is 21.8 Å². The van der Waals surface area contributed by atoms with Crippen molar-refractivity contribution in [3.8, 4) is 0 Å². The molecule has 0 saturated carbocycles. The summed E-state index contributed by atoms with van der Waals surface area (Å²) in [5.41, 5.74) is 2.09. The van der Waals surface area contributed by atoms with Crippen molar-refractivity contribution in [3.05, 3.63) is 47.5 Å². The third-order valence-corrected chi connectivity index (χ3v) is 4.48. The fourth-order valence-electron chi connectivity index (χ4n) is 3.06. The molecule has 2 amide bonds. The number of aromatic nitrogens is 3. The molecule has 138 valence electrons. The van der Waals surface area contributed by atoms with E-state index in [4.69, 9.17) is 0 Å². The first kappa shape index (κ1) is 18.1. The second-order valence-electron chi connectivity index (χ2n) is 6.24. The number of rotatable bonds is 5. The summed E-state index contributed by atoms with van der Waals surface area (Å²) in [6, 6.07) is 6.76. The number of aryl methyl sites for hydroxylation is 2. The van der Waals surface area contributed by atoms with E-state index < -0.39 is 6.04 Å². The van der Waals surface area contributed by atoms with E-state index in [2.05, 4.69) is 20.7 Å². The van der Waals surface area contributed by atoms with E-state index >= 15 is 0 Å². The first-order valence-corrected chi connectivity index (χ1v) is 8.84.